The third-order valence-corrected chi connectivity index (χ3v) is 5.94. The van der Waals surface area contributed by atoms with Crippen LogP contribution in [0.25, 0.3) is 32.8 Å². The highest BCUT2D eigenvalue weighted by molar-refractivity contribution is 5.99. The summed E-state index contributed by atoms with van der Waals surface area (Å²) < 4.78 is 2.00. The lowest BCUT2D eigenvalue weighted by atomic mass is 9.97. The zero-order valence-electron chi connectivity index (χ0n) is 16.7. The van der Waals surface area contributed by atoms with Crippen LogP contribution in [-0.4, -0.2) is 38.8 Å². The maximum absolute atomic E-state index is 12.0. The molecule has 0 spiro atoms. The summed E-state index contributed by atoms with van der Waals surface area (Å²) >= 11 is 0. The van der Waals surface area contributed by atoms with Crippen LogP contribution in [-0.2, 0) is 4.79 Å². The van der Waals surface area contributed by atoms with Gasteiger partial charge in [-0.05, 0) is 65.1 Å². The minimum Gasteiger partial charge on any atom is -0.508 e. The predicted molar refractivity (Wildman–Crippen MR) is 119 cm³/mol. The number of aromatic hydroxyl groups is 1. The third kappa shape index (κ3) is 3.22. The normalized spacial score (nSPS) is 16.8. The Morgan fingerprint density at radius 1 is 1.13 bits per heavy atom. The van der Waals surface area contributed by atoms with Crippen LogP contribution in [0.2, 0.25) is 0 Å². The quantitative estimate of drug-likeness (QED) is 0.500. The number of fused-ring (bicyclic) bond motifs is 2. The van der Waals surface area contributed by atoms with E-state index >= 15 is 0 Å². The van der Waals surface area contributed by atoms with Crippen LogP contribution in [0, 0.1) is 0 Å². The molecule has 1 atom stereocenters. The lowest BCUT2D eigenvalue weighted by Crippen LogP contribution is -2.39. The van der Waals surface area contributed by atoms with Crippen molar-refractivity contribution in [1.82, 2.24) is 14.7 Å². The molecule has 1 aliphatic rings. The number of hydrogen-bond acceptors (Lipinski definition) is 3. The maximum atomic E-state index is 12.0. The molecule has 3 aromatic carbocycles. The summed E-state index contributed by atoms with van der Waals surface area (Å²) in [5.41, 5.74) is 2.97. The second-order valence-electron chi connectivity index (χ2n) is 7.88. The fourth-order valence-electron chi connectivity index (χ4n) is 4.43. The number of piperidine rings is 1. The average molecular weight is 397 g/mol. The molecular weight excluding hydrogens is 374 g/mol. The van der Waals surface area contributed by atoms with E-state index in [-0.39, 0.29) is 17.7 Å². The zero-order valence-corrected chi connectivity index (χ0v) is 16.7. The van der Waals surface area contributed by atoms with Crippen molar-refractivity contribution in [2.75, 3.05) is 13.1 Å². The van der Waals surface area contributed by atoms with Gasteiger partial charge >= 0.3 is 0 Å². The Kier molecular flexibility index (Phi) is 4.51. The second kappa shape index (κ2) is 7.34. The molecule has 1 unspecified atom stereocenters. The summed E-state index contributed by atoms with van der Waals surface area (Å²) in [7, 11) is 0. The summed E-state index contributed by atoms with van der Waals surface area (Å²) in [6, 6.07) is 18.0. The molecular formula is C25H23N3O2. The van der Waals surface area contributed by atoms with Gasteiger partial charge in [0.25, 0.3) is 0 Å². The Morgan fingerprint density at radius 2 is 2.00 bits per heavy atom. The van der Waals surface area contributed by atoms with Gasteiger partial charge in [0.15, 0.2) is 0 Å². The number of phenols is 1. The first kappa shape index (κ1) is 18.4. The first-order valence-electron chi connectivity index (χ1n) is 10.2. The van der Waals surface area contributed by atoms with Crippen molar-refractivity contribution in [2.24, 2.45) is 0 Å². The van der Waals surface area contributed by atoms with E-state index < -0.39 is 0 Å². The highest BCUT2D eigenvalue weighted by atomic mass is 16.3. The van der Waals surface area contributed by atoms with Crippen molar-refractivity contribution in [2.45, 2.75) is 18.9 Å². The first-order chi connectivity index (χ1) is 14.6. The summed E-state index contributed by atoms with van der Waals surface area (Å²) in [5, 5.41) is 18.1. The Hall–Kier alpha value is -3.60. The van der Waals surface area contributed by atoms with Gasteiger partial charge in [-0.15, -0.1) is 0 Å². The molecule has 1 N–H and O–H groups in total. The molecule has 1 fully saturated rings. The van der Waals surface area contributed by atoms with Crippen molar-refractivity contribution < 1.29 is 9.90 Å². The van der Waals surface area contributed by atoms with Crippen LogP contribution in [0.5, 0.6) is 5.75 Å². The number of hydrogen-bond donors (Lipinski definition) is 1. The number of likely N-dealkylation sites (tertiary alicyclic amines) is 1. The predicted octanol–water partition coefficient (Wildman–Crippen LogP) is 4.91. The van der Waals surface area contributed by atoms with Crippen LogP contribution < -0.4 is 0 Å². The topological polar surface area (TPSA) is 58.4 Å². The minimum absolute atomic E-state index is 0.0190. The van der Waals surface area contributed by atoms with Crippen molar-refractivity contribution in [3.63, 3.8) is 0 Å². The number of phenolic OH excluding ortho intramolecular Hbond substituents is 1. The Balaban J connectivity index is 1.52. The third-order valence-electron chi connectivity index (χ3n) is 5.94. The van der Waals surface area contributed by atoms with Crippen molar-refractivity contribution in [1.29, 1.82) is 0 Å². The van der Waals surface area contributed by atoms with Gasteiger partial charge in [0.1, 0.15) is 5.75 Å². The van der Waals surface area contributed by atoms with E-state index in [1.54, 1.807) is 6.07 Å². The van der Waals surface area contributed by atoms with Gasteiger partial charge in [0.2, 0.25) is 5.91 Å². The van der Waals surface area contributed by atoms with E-state index in [2.05, 4.69) is 31.0 Å². The number of nitrogens with zero attached hydrogens (tertiary/aromatic N) is 3. The fraction of sp³-hybridized carbons (Fsp3) is 0.200. The molecule has 1 aliphatic heterocycles. The molecule has 0 radical (unpaired) electrons. The van der Waals surface area contributed by atoms with Crippen molar-refractivity contribution >= 4 is 27.6 Å². The van der Waals surface area contributed by atoms with Crippen LogP contribution in [0.3, 0.4) is 0 Å². The van der Waals surface area contributed by atoms with Crippen LogP contribution in [0.15, 0.2) is 73.4 Å². The molecule has 1 saturated heterocycles. The molecule has 150 valence electrons. The van der Waals surface area contributed by atoms with E-state index in [1.807, 2.05) is 39.9 Å². The molecule has 5 rings (SSSR count). The monoisotopic (exact) mass is 397 g/mol. The SMILES string of the molecule is C=CC(=O)N1CCCC(n2cc3cc(-c4cc(O)cc5ccccc45)ccc3n2)C1. The average Bonchev–Trinajstić information content (AvgIpc) is 3.21. The fourth-order valence-corrected chi connectivity index (χ4v) is 4.43. The number of amides is 1. The second-order valence-corrected chi connectivity index (χ2v) is 7.88. The first-order valence-corrected chi connectivity index (χ1v) is 10.2. The van der Waals surface area contributed by atoms with Gasteiger partial charge in [-0.1, -0.05) is 36.9 Å². The van der Waals surface area contributed by atoms with Gasteiger partial charge in [0.05, 0.1) is 11.6 Å². The van der Waals surface area contributed by atoms with Gasteiger partial charge in [-0.25, -0.2) is 0 Å². The Morgan fingerprint density at radius 3 is 2.87 bits per heavy atom. The van der Waals surface area contributed by atoms with Crippen LogP contribution >= 0.6 is 0 Å². The summed E-state index contributed by atoms with van der Waals surface area (Å²) in [4.78, 5) is 13.9. The van der Waals surface area contributed by atoms with E-state index in [9.17, 15) is 9.90 Å². The largest absolute Gasteiger partial charge is 0.508 e. The van der Waals surface area contributed by atoms with E-state index in [0.29, 0.717) is 6.54 Å². The van der Waals surface area contributed by atoms with E-state index in [1.165, 1.54) is 6.08 Å². The molecule has 0 bridgehead atoms. The number of carbonyl (C=O) groups is 1. The van der Waals surface area contributed by atoms with Gasteiger partial charge < -0.3 is 10.0 Å². The molecule has 1 amide bonds. The number of aromatic nitrogens is 2. The molecule has 30 heavy (non-hydrogen) atoms. The molecule has 4 aromatic rings. The van der Waals surface area contributed by atoms with Gasteiger partial charge in [0, 0.05) is 24.7 Å². The molecule has 2 heterocycles. The molecule has 5 nitrogen and oxygen atoms in total. The van der Waals surface area contributed by atoms with E-state index in [4.69, 9.17) is 5.10 Å². The summed E-state index contributed by atoms with van der Waals surface area (Å²) in [6.07, 6.45) is 5.41. The van der Waals surface area contributed by atoms with E-state index in [0.717, 1.165) is 52.2 Å². The van der Waals surface area contributed by atoms with Crippen LogP contribution in [0.4, 0.5) is 0 Å². The molecule has 0 saturated carbocycles. The zero-order chi connectivity index (χ0) is 20.7. The minimum atomic E-state index is -0.0190. The smallest absolute Gasteiger partial charge is 0.246 e. The van der Waals surface area contributed by atoms with Crippen molar-refractivity contribution in [3.8, 4) is 16.9 Å². The van der Waals surface area contributed by atoms with Crippen molar-refractivity contribution in [3.05, 3.63) is 73.4 Å². The number of benzene rings is 3. The molecule has 0 aliphatic carbocycles. The maximum Gasteiger partial charge on any atom is 0.246 e. The Bertz CT molecular complexity index is 1270. The number of rotatable bonds is 3. The summed E-state index contributed by atoms with van der Waals surface area (Å²) in [6.45, 7) is 5.03. The molecule has 5 heteroatoms. The Labute approximate surface area is 174 Å². The lowest BCUT2D eigenvalue weighted by molar-refractivity contribution is -0.127. The number of carbonyl (C=O) groups excluding carboxylic acids is 1. The van der Waals surface area contributed by atoms with Gasteiger partial charge in [-0.3, -0.25) is 9.48 Å². The summed E-state index contributed by atoms with van der Waals surface area (Å²) in [5.74, 6) is 0.239. The lowest BCUT2D eigenvalue weighted by Gasteiger charge is -2.32. The highest BCUT2D eigenvalue weighted by Crippen LogP contribution is 2.34. The molecule has 1 aromatic heterocycles. The highest BCUT2D eigenvalue weighted by Gasteiger charge is 2.24. The van der Waals surface area contributed by atoms with Crippen LogP contribution in [0.1, 0.15) is 18.9 Å². The van der Waals surface area contributed by atoms with Gasteiger partial charge in [-0.2, -0.15) is 5.10 Å². The standard InChI is InChI=1S/C25H23N3O2/c1-2-25(30)27-11-5-7-20(16-27)28-15-19-12-18(9-10-24(19)26-28)23-14-21(29)13-17-6-3-4-8-22(17)23/h2-4,6,8-10,12-15,20,29H,1,5,7,11,16H2.